The minimum Gasteiger partial charge on any atom is -0.459 e. The van der Waals surface area contributed by atoms with Gasteiger partial charge < -0.3 is 20.2 Å². The zero-order valence-corrected chi connectivity index (χ0v) is 11.6. The van der Waals surface area contributed by atoms with E-state index in [4.69, 9.17) is 4.42 Å². The van der Waals surface area contributed by atoms with Crippen molar-refractivity contribution in [2.45, 2.75) is 32.0 Å². The second-order valence-corrected chi connectivity index (χ2v) is 5.36. The highest BCUT2D eigenvalue weighted by Crippen LogP contribution is 2.25. The van der Waals surface area contributed by atoms with Gasteiger partial charge in [-0.25, -0.2) is 4.39 Å². The van der Waals surface area contributed by atoms with Crippen molar-refractivity contribution >= 4 is 16.9 Å². The third-order valence-electron chi connectivity index (χ3n) is 3.84. The fourth-order valence-corrected chi connectivity index (χ4v) is 2.62. The number of rotatable bonds is 3. The number of amides is 1. The molecular weight excluding hydrogens is 275 g/mol. The van der Waals surface area contributed by atoms with Gasteiger partial charge in [-0.3, -0.25) is 4.79 Å². The third kappa shape index (κ3) is 2.77. The first-order valence-corrected chi connectivity index (χ1v) is 6.91. The lowest BCUT2D eigenvalue weighted by atomic mass is 10.1. The van der Waals surface area contributed by atoms with Gasteiger partial charge in [-0.1, -0.05) is 0 Å². The van der Waals surface area contributed by atoms with Gasteiger partial charge >= 0.3 is 0 Å². The Morgan fingerprint density at radius 2 is 2.38 bits per heavy atom. The number of fused-ring (bicyclic) bond motifs is 1. The molecule has 21 heavy (non-hydrogen) atoms. The largest absolute Gasteiger partial charge is 0.459 e. The quantitative estimate of drug-likeness (QED) is 0.795. The van der Waals surface area contributed by atoms with Crippen LogP contribution in [0.2, 0.25) is 0 Å². The number of carbonyl (C=O) groups is 1. The van der Waals surface area contributed by atoms with E-state index in [1.165, 1.54) is 12.1 Å². The van der Waals surface area contributed by atoms with Gasteiger partial charge in [-0.15, -0.1) is 0 Å². The summed E-state index contributed by atoms with van der Waals surface area (Å²) in [6, 6.07) is 3.98. The lowest BCUT2D eigenvalue weighted by Gasteiger charge is -2.10. The van der Waals surface area contributed by atoms with Crippen LogP contribution >= 0.6 is 0 Å². The number of aliphatic hydroxyl groups excluding tert-OH is 1. The van der Waals surface area contributed by atoms with Gasteiger partial charge in [0.2, 0.25) is 5.91 Å². The Hall–Kier alpha value is -1.92. The van der Waals surface area contributed by atoms with E-state index in [0.29, 0.717) is 29.7 Å². The normalized spacial score (nSPS) is 21.9. The van der Waals surface area contributed by atoms with Gasteiger partial charge in [0.15, 0.2) is 0 Å². The molecule has 2 aromatic rings. The number of benzene rings is 1. The van der Waals surface area contributed by atoms with E-state index in [1.807, 2.05) is 6.92 Å². The lowest BCUT2D eigenvalue weighted by Crippen LogP contribution is -2.40. The Kier molecular flexibility index (Phi) is 3.65. The predicted octanol–water partition coefficient (Wildman–Crippen LogP) is 1.22. The summed E-state index contributed by atoms with van der Waals surface area (Å²) in [5.41, 5.74) is 1.43. The molecule has 0 bridgehead atoms. The molecule has 3 N–H and O–H groups in total. The average molecular weight is 292 g/mol. The van der Waals surface area contributed by atoms with Crippen molar-refractivity contribution in [3.63, 3.8) is 0 Å². The summed E-state index contributed by atoms with van der Waals surface area (Å²) >= 11 is 0. The Bertz CT molecular complexity index is 683. The summed E-state index contributed by atoms with van der Waals surface area (Å²) in [5.74, 6) is 0.131. The molecule has 0 aliphatic carbocycles. The molecule has 2 atom stereocenters. The van der Waals surface area contributed by atoms with Crippen LogP contribution in [0, 0.1) is 12.7 Å². The maximum Gasteiger partial charge on any atom is 0.237 e. The van der Waals surface area contributed by atoms with Crippen LogP contribution in [-0.4, -0.2) is 29.7 Å². The summed E-state index contributed by atoms with van der Waals surface area (Å²) in [4.78, 5) is 12.0. The molecule has 5 nitrogen and oxygen atoms in total. The Morgan fingerprint density at radius 1 is 1.57 bits per heavy atom. The van der Waals surface area contributed by atoms with Crippen molar-refractivity contribution in [2.75, 3.05) is 6.54 Å². The maximum absolute atomic E-state index is 13.2. The zero-order valence-electron chi connectivity index (χ0n) is 11.6. The molecule has 0 radical (unpaired) electrons. The minimum absolute atomic E-state index is 0.169. The second-order valence-electron chi connectivity index (χ2n) is 5.36. The highest BCUT2D eigenvalue weighted by Gasteiger charge is 2.28. The van der Waals surface area contributed by atoms with Crippen molar-refractivity contribution in [1.29, 1.82) is 0 Å². The molecule has 0 spiro atoms. The lowest BCUT2D eigenvalue weighted by molar-refractivity contribution is -0.123. The molecular formula is C15H17FN2O3. The highest BCUT2D eigenvalue weighted by atomic mass is 19.1. The summed E-state index contributed by atoms with van der Waals surface area (Å²) < 4.78 is 18.9. The summed E-state index contributed by atoms with van der Waals surface area (Å²) in [6.45, 7) is 2.51. The van der Waals surface area contributed by atoms with Gasteiger partial charge in [-0.05, 0) is 31.5 Å². The van der Waals surface area contributed by atoms with E-state index >= 15 is 0 Å². The molecule has 2 heterocycles. The number of β-amino-alcohol motifs (C(OH)–C–C–N with tert-alkyl or cyclic N) is 1. The van der Waals surface area contributed by atoms with E-state index in [-0.39, 0.29) is 24.3 Å². The number of aryl methyl sites for hydroxylation is 1. The van der Waals surface area contributed by atoms with E-state index in [2.05, 4.69) is 10.6 Å². The number of aliphatic hydroxyl groups is 1. The molecule has 1 aliphatic heterocycles. The van der Waals surface area contributed by atoms with Crippen LogP contribution < -0.4 is 10.6 Å². The number of furan rings is 1. The molecule has 1 saturated heterocycles. The van der Waals surface area contributed by atoms with Crippen molar-refractivity contribution in [1.82, 2.24) is 10.6 Å². The number of hydrogen-bond donors (Lipinski definition) is 3. The monoisotopic (exact) mass is 292 g/mol. The van der Waals surface area contributed by atoms with E-state index in [0.717, 1.165) is 5.56 Å². The first-order chi connectivity index (χ1) is 10.0. The van der Waals surface area contributed by atoms with Gasteiger partial charge in [0.25, 0.3) is 0 Å². The molecule has 1 amide bonds. The van der Waals surface area contributed by atoms with Gasteiger partial charge in [-0.2, -0.15) is 0 Å². The number of carbonyl (C=O) groups excluding carboxylic acids is 1. The van der Waals surface area contributed by atoms with Gasteiger partial charge in [0.05, 0.1) is 18.7 Å². The first kappa shape index (κ1) is 14.0. The number of nitrogens with one attached hydrogen (secondary N) is 2. The topological polar surface area (TPSA) is 74.5 Å². The van der Waals surface area contributed by atoms with Gasteiger partial charge in [0.1, 0.15) is 17.2 Å². The molecule has 0 saturated carbocycles. The highest BCUT2D eigenvalue weighted by molar-refractivity contribution is 5.83. The fourth-order valence-electron chi connectivity index (χ4n) is 2.62. The van der Waals surface area contributed by atoms with Crippen LogP contribution in [0.1, 0.15) is 17.7 Å². The summed E-state index contributed by atoms with van der Waals surface area (Å²) in [7, 11) is 0. The number of hydrogen-bond acceptors (Lipinski definition) is 4. The van der Waals surface area contributed by atoms with Crippen molar-refractivity contribution in [2.24, 2.45) is 0 Å². The molecule has 2 unspecified atom stereocenters. The Balaban J connectivity index is 1.70. The van der Waals surface area contributed by atoms with Crippen LogP contribution in [0.25, 0.3) is 11.0 Å². The van der Waals surface area contributed by atoms with Crippen molar-refractivity contribution in [3.8, 4) is 0 Å². The minimum atomic E-state index is -0.475. The number of halogens is 1. The summed E-state index contributed by atoms with van der Waals surface area (Å²) in [6.07, 6.45) is -0.0625. The van der Waals surface area contributed by atoms with Crippen molar-refractivity contribution in [3.05, 3.63) is 35.3 Å². The smallest absolute Gasteiger partial charge is 0.237 e. The average Bonchev–Trinajstić information content (AvgIpc) is 3.02. The Labute approximate surface area is 121 Å². The second kappa shape index (κ2) is 5.46. The van der Waals surface area contributed by atoms with Crippen LogP contribution in [0.5, 0.6) is 0 Å². The van der Waals surface area contributed by atoms with Crippen LogP contribution in [0.3, 0.4) is 0 Å². The van der Waals surface area contributed by atoms with E-state index in [1.54, 1.807) is 6.07 Å². The van der Waals surface area contributed by atoms with Gasteiger partial charge in [0, 0.05) is 17.5 Å². The van der Waals surface area contributed by atoms with Crippen molar-refractivity contribution < 1.29 is 18.7 Å². The van der Waals surface area contributed by atoms with E-state index in [9.17, 15) is 14.3 Å². The third-order valence-corrected chi connectivity index (χ3v) is 3.84. The first-order valence-electron chi connectivity index (χ1n) is 6.91. The molecule has 1 aromatic carbocycles. The fraction of sp³-hybridized carbons (Fsp3) is 0.400. The van der Waals surface area contributed by atoms with Crippen LogP contribution in [0.4, 0.5) is 4.39 Å². The standard InChI is InChI=1S/C15H17FN2O3/c1-8-11-4-9(16)2-3-13(11)21-14(8)7-18-15(20)12-5-10(19)6-17-12/h2-4,10,12,17,19H,5-7H2,1H3,(H,18,20). The molecule has 1 aromatic heterocycles. The van der Waals surface area contributed by atoms with E-state index < -0.39 is 6.10 Å². The SMILES string of the molecule is Cc1c(CNC(=O)C2CC(O)CN2)oc2ccc(F)cc12. The van der Waals surface area contributed by atoms with Crippen LogP contribution in [-0.2, 0) is 11.3 Å². The maximum atomic E-state index is 13.2. The summed E-state index contributed by atoms with van der Waals surface area (Å²) in [5, 5.41) is 15.8. The molecule has 6 heteroatoms. The predicted molar refractivity (Wildman–Crippen MR) is 75.2 cm³/mol. The zero-order chi connectivity index (χ0) is 15.0. The van der Waals surface area contributed by atoms with Crippen LogP contribution in [0.15, 0.2) is 22.6 Å². The molecule has 3 rings (SSSR count). The molecule has 112 valence electrons. The molecule has 1 aliphatic rings. The Morgan fingerprint density at radius 3 is 3.10 bits per heavy atom. The molecule has 1 fully saturated rings.